The average Bonchev–Trinajstić information content (AvgIpc) is 2.34. The van der Waals surface area contributed by atoms with E-state index in [0.29, 0.717) is 30.8 Å². The molecule has 0 aliphatic heterocycles. The van der Waals surface area contributed by atoms with E-state index in [1.54, 1.807) is 24.3 Å². The Hall–Kier alpha value is -2.24. The SMILES string of the molecule is Nc1ccc(C(=O)NCCCCNC(=O)O)cc1. The van der Waals surface area contributed by atoms with Gasteiger partial charge in [0.25, 0.3) is 5.91 Å². The number of nitrogens with two attached hydrogens (primary N) is 1. The second-order valence-corrected chi connectivity index (χ2v) is 3.82. The molecule has 1 rings (SSSR count). The molecule has 0 saturated carbocycles. The van der Waals surface area contributed by atoms with E-state index < -0.39 is 6.09 Å². The highest BCUT2D eigenvalue weighted by Crippen LogP contribution is 2.04. The largest absolute Gasteiger partial charge is 0.465 e. The molecule has 0 fully saturated rings. The van der Waals surface area contributed by atoms with Crippen LogP contribution in [0.5, 0.6) is 0 Å². The van der Waals surface area contributed by atoms with Crippen LogP contribution in [0.4, 0.5) is 10.5 Å². The van der Waals surface area contributed by atoms with Crippen molar-refractivity contribution in [2.24, 2.45) is 0 Å². The molecule has 0 heterocycles. The molecule has 6 heteroatoms. The molecule has 2 amide bonds. The molecule has 6 nitrogen and oxygen atoms in total. The van der Waals surface area contributed by atoms with Crippen LogP contribution in [0.1, 0.15) is 23.2 Å². The van der Waals surface area contributed by atoms with Crippen molar-refractivity contribution in [3.8, 4) is 0 Å². The number of nitrogen functional groups attached to an aromatic ring is 1. The molecule has 0 atom stereocenters. The summed E-state index contributed by atoms with van der Waals surface area (Å²) in [4.78, 5) is 21.8. The molecule has 0 spiro atoms. The third-order valence-electron chi connectivity index (χ3n) is 2.34. The Morgan fingerprint density at radius 3 is 2.17 bits per heavy atom. The monoisotopic (exact) mass is 251 g/mol. The number of rotatable bonds is 6. The topological polar surface area (TPSA) is 104 Å². The Morgan fingerprint density at radius 1 is 1.06 bits per heavy atom. The summed E-state index contributed by atoms with van der Waals surface area (Å²) in [5.74, 6) is -0.152. The van der Waals surface area contributed by atoms with E-state index in [1.807, 2.05) is 0 Å². The van der Waals surface area contributed by atoms with E-state index in [0.717, 1.165) is 6.42 Å². The molecule has 0 aliphatic rings. The number of nitrogens with one attached hydrogen (secondary N) is 2. The normalized spacial score (nSPS) is 9.78. The van der Waals surface area contributed by atoms with Crippen molar-refractivity contribution >= 4 is 17.7 Å². The van der Waals surface area contributed by atoms with Crippen LogP contribution in [0.25, 0.3) is 0 Å². The number of anilines is 1. The summed E-state index contributed by atoms with van der Waals surface area (Å²) >= 11 is 0. The van der Waals surface area contributed by atoms with Gasteiger partial charge >= 0.3 is 6.09 Å². The zero-order chi connectivity index (χ0) is 13.4. The van der Waals surface area contributed by atoms with Gasteiger partial charge in [-0.05, 0) is 37.1 Å². The molecule has 1 aromatic rings. The molecule has 0 aromatic heterocycles. The van der Waals surface area contributed by atoms with E-state index in [2.05, 4.69) is 10.6 Å². The summed E-state index contributed by atoms with van der Waals surface area (Å²) in [5, 5.41) is 13.4. The first-order chi connectivity index (χ1) is 8.59. The van der Waals surface area contributed by atoms with Gasteiger partial charge in [-0.1, -0.05) is 0 Å². The van der Waals surface area contributed by atoms with Crippen molar-refractivity contribution in [1.29, 1.82) is 0 Å². The lowest BCUT2D eigenvalue weighted by Gasteiger charge is -2.05. The maximum Gasteiger partial charge on any atom is 0.404 e. The first kappa shape index (κ1) is 13.8. The number of amides is 2. The summed E-state index contributed by atoms with van der Waals surface area (Å²) in [6.45, 7) is 0.914. The number of unbranched alkanes of at least 4 members (excludes halogenated alkanes) is 1. The van der Waals surface area contributed by atoms with Gasteiger partial charge in [0.05, 0.1) is 0 Å². The van der Waals surface area contributed by atoms with Crippen molar-refractivity contribution in [1.82, 2.24) is 10.6 Å². The van der Waals surface area contributed by atoms with Crippen molar-refractivity contribution in [2.45, 2.75) is 12.8 Å². The van der Waals surface area contributed by atoms with Crippen LogP contribution in [0.15, 0.2) is 24.3 Å². The zero-order valence-electron chi connectivity index (χ0n) is 9.98. The number of hydrogen-bond donors (Lipinski definition) is 4. The summed E-state index contributed by atoms with van der Waals surface area (Å²) in [7, 11) is 0. The van der Waals surface area contributed by atoms with E-state index in [1.165, 1.54) is 0 Å². The minimum absolute atomic E-state index is 0.152. The molecule has 0 aliphatic carbocycles. The smallest absolute Gasteiger partial charge is 0.404 e. The zero-order valence-corrected chi connectivity index (χ0v) is 9.98. The molecular weight excluding hydrogens is 234 g/mol. The molecule has 98 valence electrons. The van der Waals surface area contributed by atoms with Crippen LogP contribution in [-0.4, -0.2) is 30.2 Å². The molecule has 1 aromatic carbocycles. The average molecular weight is 251 g/mol. The first-order valence-corrected chi connectivity index (χ1v) is 5.70. The van der Waals surface area contributed by atoms with Crippen molar-refractivity contribution in [3.05, 3.63) is 29.8 Å². The summed E-state index contributed by atoms with van der Waals surface area (Å²) < 4.78 is 0. The fraction of sp³-hybridized carbons (Fsp3) is 0.333. The van der Waals surface area contributed by atoms with Gasteiger partial charge in [-0.2, -0.15) is 0 Å². The van der Waals surface area contributed by atoms with Crippen LogP contribution in [0.3, 0.4) is 0 Å². The van der Waals surface area contributed by atoms with E-state index >= 15 is 0 Å². The Morgan fingerprint density at radius 2 is 1.61 bits per heavy atom. The maximum absolute atomic E-state index is 11.6. The van der Waals surface area contributed by atoms with Gasteiger partial charge in [0, 0.05) is 24.3 Å². The highest BCUT2D eigenvalue weighted by atomic mass is 16.4. The Kier molecular flexibility index (Phi) is 5.50. The predicted octanol–water partition coefficient (Wildman–Crippen LogP) is 1.05. The van der Waals surface area contributed by atoms with Crippen LogP contribution in [0.2, 0.25) is 0 Å². The van der Waals surface area contributed by atoms with Crippen molar-refractivity contribution < 1.29 is 14.7 Å². The standard InChI is InChI=1S/C12H17N3O3/c13-10-5-3-9(4-6-10)11(16)14-7-1-2-8-15-12(17)18/h3-6,15H,1-2,7-8,13H2,(H,14,16)(H,17,18). The molecule has 18 heavy (non-hydrogen) atoms. The minimum Gasteiger partial charge on any atom is -0.465 e. The lowest BCUT2D eigenvalue weighted by atomic mass is 10.2. The second kappa shape index (κ2) is 7.16. The quantitative estimate of drug-likeness (QED) is 0.448. The molecular formula is C12H17N3O3. The van der Waals surface area contributed by atoms with E-state index in [9.17, 15) is 9.59 Å². The van der Waals surface area contributed by atoms with Gasteiger partial charge in [-0.15, -0.1) is 0 Å². The van der Waals surface area contributed by atoms with Crippen LogP contribution in [-0.2, 0) is 0 Å². The van der Waals surface area contributed by atoms with Gasteiger partial charge in [-0.25, -0.2) is 4.79 Å². The Labute approximate surface area is 105 Å². The van der Waals surface area contributed by atoms with E-state index in [-0.39, 0.29) is 5.91 Å². The summed E-state index contributed by atoms with van der Waals surface area (Å²) in [6, 6.07) is 6.67. The number of benzene rings is 1. The van der Waals surface area contributed by atoms with Gasteiger partial charge < -0.3 is 21.5 Å². The van der Waals surface area contributed by atoms with Crippen LogP contribution in [0, 0.1) is 0 Å². The highest BCUT2D eigenvalue weighted by molar-refractivity contribution is 5.94. The fourth-order valence-electron chi connectivity index (χ4n) is 1.38. The minimum atomic E-state index is -1.03. The van der Waals surface area contributed by atoms with Gasteiger partial charge in [0.2, 0.25) is 0 Å². The van der Waals surface area contributed by atoms with Gasteiger partial charge in [0.15, 0.2) is 0 Å². The lowest BCUT2D eigenvalue weighted by Crippen LogP contribution is -2.26. The highest BCUT2D eigenvalue weighted by Gasteiger charge is 2.03. The fourth-order valence-corrected chi connectivity index (χ4v) is 1.38. The molecule has 0 saturated heterocycles. The Bertz CT molecular complexity index is 404. The molecule has 5 N–H and O–H groups in total. The van der Waals surface area contributed by atoms with Gasteiger partial charge in [0.1, 0.15) is 0 Å². The molecule has 0 bridgehead atoms. The van der Waals surface area contributed by atoms with Crippen molar-refractivity contribution in [3.63, 3.8) is 0 Å². The Balaban J connectivity index is 2.17. The summed E-state index contributed by atoms with van der Waals surface area (Å²) in [5.41, 5.74) is 6.70. The van der Waals surface area contributed by atoms with E-state index in [4.69, 9.17) is 10.8 Å². The van der Waals surface area contributed by atoms with Crippen LogP contribution < -0.4 is 16.4 Å². The van der Waals surface area contributed by atoms with Gasteiger partial charge in [-0.3, -0.25) is 4.79 Å². The number of hydrogen-bond acceptors (Lipinski definition) is 3. The van der Waals surface area contributed by atoms with Crippen LogP contribution >= 0.6 is 0 Å². The first-order valence-electron chi connectivity index (χ1n) is 5.70. The number of carbonyl (C=O) groups excluding carboxylic acids is 1. The molecule has 0 unspecified atom stereocenters. The number of carbonyl (C=O) groups is 2. The predicted molar refractivity (Wildman–Crippen MR) is 68.4 cm³/mol. The molecule has 0 radical (unpaired) electrons. The van der Waals surface area contributed by atoms with Crippen molar-refractivity contribution in [2.75, 3.05) is 18.8 Å². The number of carboxylic acid groups (broad SMARTS) is 1. The lowest BCUT2D eigenvalue weighted by molar-refractivity contribution is 0.0953. The third kappa shape index (κ3) is 5.20. The second-order valence-electron chi connectivity index (χ2n) is 3.82. The third-order valence-corrected chi connectivity index (χ3v) is 2.34. The summed E-state index contributed by atoms with van der Waals surface area (Å²) in [6.07, 6.45) is 0.385. The maximum atomic E-state index is 11.6.